The van der Waals surface area contributed by atoms with E-state index in [0.717, 1.165) is 25.0 Å². The Morgan fingerprint density at radius 1 is 1.12 bits per heavy atom. The number of nitrogens with one attached hydrogen (secondary N) is 1. The van der Waals surface area contributed by atoms with E-state index in [0.29, 0.717) is 12.3 Å². The maximum atomic E-state index is 15.5. The molecular weight excluding hydrogens is 569 g/mol. The highest BCUT2D eigenvalue weighted by molar-refractivity contribution is 6.06. The normalized spacial score (nSPS) is 21.7. The lowest BCUT2D eigenvalue weighted by Crippen LogP contribution is -2.45. The second kappa shape index (κ2) is 10.2. The smallest absolute Gasteiger partial charge is 0.487 e. The molecule has 16 heteroatoms. The van der Waals surface area contributed by atoms with Gasteiger partial charge in [0.1, 0.15) is 17.1 Å². The van der Waals surface area contributed by atoms with E-state index >= 15 is 4.39 Å². The van der Waals surface area contributed by atoms with Crippen molar-refractivity contribution in [2.75, 3.05) is 11.9 Å². The van der Waals surface area contributed by atoms with Gasteiger partial charge in [0.25, 0.3) is 5.91 Å². The molecule has 0 unspecified atom stereocenters. The fraction of sp³-hybridized carbons (Fsp3) is 0.440. The van der Waals surface area contributed by atoms with Crippen molar-refractivity contribution in [1.82, 2.24) is 14.4 Å². The van der Waals surface area contributed by atoms with E-state index in [4.69, 9.17) is 19.4 Å². The van der Waals surface area contributed by atoms with Crippen LogP contribution in [-0.4, -0.2) is 55.8 Å². The molecule has 0 aromatic carbocycles. The zero-order valence-corrected chi connectivity index (χ0v) is 21.7. The molecule has 2 saturated heterocycles. The Balaban J connectivity index is 0.000000493. The minimum Gasteiger partial charge on any atom is -0.487 e. The Hall–Kier alpha value is -3.95. The number of carbonyl (C=O) groups excluding carboxylic acids is 1. The van der Waals surface area contributed by atoms with Crippen LogP contribution >= 0.6 is 0 Å². The fourth-order valence-electron chi connectivity index (χ4n) is 4.84. The highest BCUT2D eigenvalue weighted by Gasteiger charge is 2.61. The van der Waals surface area contributed by atoms with Gasteiger partial charge in [-0.3, -0.25) is 4.79 Å². The number of anilines is 1. The quantitative estimate of drug-likeness (QED) is 0.383. The average molecular weight is 592 g/mol. The van der Waals surface area contributed by atoms with Crippen molar-refractivity contribution in [3.05, 3.63) is 53.4 Å². The van der Waals surface area contributed by atoms with E-state index in [1.54, 1.807) is 20.0 Å². The molecule has 0 atom stereocenters. The first-order valence-corrected chi connectivity index (χ1v) is 12.0. The molecule has 2 bridgehead atoms. The lowest BCUT2D eigenvalue weighted by molar-refractivity contribution is -0.192. The number of ether oxygens (including phenoxy) is 2. The molecule has 41 heavy (non-hydrogen) atoms. The minimum atomic E-state index is -5.08. The first-order chi connectivity index (χ1) is 18.8. The summed E-state index contributed by atoms with van der Waals surface area (Å²) in [6.45, 7) is 5.84. The lowest BCUT2D eigenvalue weighted by atomic mass is 9.62. The van der Waals surface area contributed by atoms with Crippen LogP contribution in [0.1, 0.15) is 55.4 Å². The van der Waals surface area contributed by atoms with Gasteiger partial charge in [-0.2, -0.15) is 30.7 Å². The summed E-state index contributed by atoms with van der Waals surface area (Å²) in [6, 6.07) is 3.13. The number of hydrogen-bond donors (Lipinski definition) is 2. The van der Waals surface area contributed by atoms with Crippen LogP contribution in [0.25, 0.3) is 5.65 Å². The minimum absolute atomic E-state index is 0.00530. The molecule has 3 fully saturated rings. The summed E-state index contributed by atoms with van der Waals surface area (Å²) in [4.78, 5) is 29.8. The van der Waals surface area contributed by atoms with Crippen LogP contribution in [0, 0.1) is 5.82 Å². The van der Waals surface area contributed by atoms with E-state index in [-0.39, 0.29) is 33.8 Å². The number of amides is 1. The second-order valence-corrected chi connectivity index (χ2v) is 10.2. The van der Waals surface area contributed by atoms with E-state index in [2.05, 4.69) is 15.3 Å². The molecule has 0 spiro atoms. The predicted molar refractivity (Wildman–Crippen MR) is 127 cm³/mol. The molecule has 222 valence electrons. The molecule has 3 aliphatic rings. The number of rotatable bonds is 5. The number of hydrogen-bond acceptors (Lipinski definition) is 6. The first-order valence-electron chi connectivity index (χ1n) is 12.0. The number of halogens is 7. The highest BCUT2D eigenvalue weighted by Crippen LogP contribution is 2.58. The molecule has 3 aromatic rings. The number of imidazole rings is 1. The van der Waals surface area contributed by atoms with Gasteiger partial charge in [0.15, 0.2) is 11.4 Å². The van der Waals surface area contributed by atoms with Crippen molar-refractivity contribution in [3.8, 4) is 5.75 Å². The van der Waals surface area contributed by atoms with Gasteiger partial charge in [-0.1, -0.05) is 6.07 Å². The lowest BCUT2D eigenvalue weighted by Gasteiger charge is -2.41. The number of carboxylic acid groups (broad SMARTS) is 1. The number of alkyl halides is 6. The third kappa shape index (κ3) is 6.06. The van der Waals surface area contributed by atoms with Crippen LogP contribution < -0.4 is 10.1 Å². The van der Waals surface area contributed by atoms with Crippen LogP contribution in [0.2, 0.25) is 0 Å². The topological polar surface area (TPSA) is 115 Å². The molecule has 9 nitrogen and oxygen atoms in total. The van der Waals surface area contributed by atoms with Gasteiger partial charge in [0, 0.05) is 17.8 Å². The van der Waals surface area contributed by atoms with Gasteiger partial charge >= 0.3 is 18.3 Å². The van der Waals surface area contributed by atoms with Crippen molar-refractivity contribution in [1.29, 1.82) is 0 Å². The summed E-state index contributed by atoms with van der Waals surface area (Å²) in [5.41, 5.74) is -1.18. The Kier molecular flexibility index (Phi) is 7.43. The van der Waals surface area contributed by atoms with E-state index in [1.165, 1.54) is 16.7 Å². The highest BCUT2D eigenvalue weighted by atomic mass is 19.4. The molecular formula is C25H23F7N4O5. The maximum Gasteiger partial charge on any atom is 0.490 e. The molecule has 0 radical (unpaired) electrons. The SMILES string of the molecule is CC(C)Oc1c(C(=O)Nc2cccc(C(F)(F)F)n2)cn2cc(C34COC(C)(C3)C4)nc2c1F.O=C(O)C(F)(F)F. The number of nitrogens with zero attached hydrogens (tertiary/aromatic N) is 3. The molecule has 1 amide bonds. The summed E-state index contributed by atoms with van der Waals surface area (Å²) in [6.07, 6.45) is -5.67. The standard InChI is InChI=1S/C23H22F4N4O3.C2HF3O2/c1-12(2)34-18-13(20(32)30-16-6-4-5-14(28-16)23(25,26)27)7-31-8-15(29-19(31)17(18)24)22-9-21(3,10-22)33-11-22;3-2(4,5)1(6)7/h4-8,12H,9-11H2,1-3H3,(H,28,30,32);(H,6,7). The Bertz CT molecular complexity index is 1490. The zero-order valence-electron chi connectivity index (χ0n) is 21.7. The molecule has 1 aliphatic carbocycles. The third-order valence-corrected chi connectivity index (χ3v) is 6.43. The number of aliphatic carboxylic acids is 1. The average Bonchev–Trinajstić information content (AvgIpc) is 3.51. The van der Waals surface area contributed by atoms with Gasteiger partial charge in [0.2, 0.25) is 5.82 Å². The summed E-state index contributed by atoms with van der Waals surface area (Å²) in [5, 5.41) is 9.43. The Morgan fingerprint density at radius 2 is 1.76 bits per heavy atom. The number of fused-ring (bicyclic) bond motifs is 2. The summed E-state index contributed by atoms with van der Waals surface area (Å²) in [7, 11) is 0. The van der Waals surface area contributed by atoms with Crippen LogP contribution in [0.5, 0.6) is 5.75 Å². The third-order valence-electron chi connectivity index (χ3n) is 6.43. The van der Waals surface area contributed by atoms with Gasteiger partial charge in [0.05, 0.1) is 24.0 Å². The molecule has 1 saturated carbocycles. The van der Waals surface area contributed by atoms with Crippen LogP contribution in [0.3, 0.4) is 0 Å². The summed E-state index contributed by atoms with van der Waals surface area (Å²) in [5.74, 6) is -5.10. The van der Waals surface area contributed by atoms with Crippen LogP contribution in [-0.2, 0) is 21.1 Å². The van der Waals surface area contributed by atoms with Crippen molar-refractivity contribution >= 4 is 23.3 Å². The molecule has 2 N–H and O–H groups in total. The number of aromatic nitrogens is 3. The Labute approximate surface area is 227 Å². The number of pyridine rings is 2. The van der Waals surface area contributed by atoms with E-state index in [9.17, 15) is 31.1 Å². The van der Waals surface area contributed by atoms with Crippen molar-refractivity contribution in [3.63, 3.8) is 0 Å². The first kappa shape index (κ1) is 30.0. The number of carboxylic acids is 1. The molecule has 3 aromatic heterocycles. The molecule has 5 heterocycles. The molecule has 6 rings (SSSR count). The number of carbonyl (C=O) groups is 2. The van der Waals surface area contributed by atoms with Gasteiger partial charge < -0.3 is 24.3 Å². The van der Waals surface area contributed by atoms with Crippen molar-refractivity contribution < 1.29 is 54.9 Å². The van der Waals surface area contributed by atoms with Crippen LogP contribution in [0.15, 0.2) is 30.6 Å². The Morgan fingerprint density at radius 3 is 2.27 bits per heavy atom. The van der Waals surface area contributed by atoms with Gasteiger partial charge in [-0.05, 0) is 45.7 Å². The van der Waals surface area contributed by atoms with Gasteiger partial charge in [-0.15, -0.1) is 0 Å². The molecule has 2 aliphatic heterocycles. The monoisotopic (exact) mass is 592 g/mol. The maximum absolute atomic E-state index is 15.5. The summed E-state index contributed by atoms with van der Waals surface area (Å²) >= 11 is 0. The predicted octanol–water partition coefficient (Wildman–Crippen LogP) is 5.38. The van der Waals surface area contributed by atoms with Gasteiger partial charge in [-0.25, -0.2) is 14.8 Å². The zero-order chi connectivity index (χ0) is 30.5. The second-order valence-electron chi connectivity index (χ2n) is 10.2. The largest absolute Gasteiger partial charge is 0.490 e. The fourth-order valence-corrected chi connectivity index (χ4v) is 4.84. The van der Waals surface area contributed by atoms with Crippen molar-refractivity contribution in [2.24, 2.45) is 0 Å². The van der Waals surface area contributed by atoms with E-state index in [1.807, 2.05) is 6.92 Å². The van der Waals surface area contributed by atoms with Crippen LogP contribution in [0.4, 0.5) is 36.6 Å². The van der Waals surface area contributed by atoms with Crippen molar-refractivity contribution in [2.45, 2.75) is 63.1 Å². The van der Waals surface area contributed by atoms with E-state index < -0.39 is 41.8 Å². The summed E-state index contributed by atoms with van der Waals surface area (Å²) < 4.78 is 99.0.